The fourth-order valence-electron chi connectivity index (χ4n) is 4.70. The molecule has 1 aliphatic heterocycles. The van der Waals surface area contributed by atoms with E-state index < -0.39 is 6.09 Å². The number of anilines is 1. The monoisotopic (exact) mass is 665 g/mol. The fraction of sp³-hybridized carbons (Fsp3) is 0.289. The maximum atomic E-state index is 12.3. The van der Waals surface area contributed by atoms with Crippen LogP contribution in [0.5, 0.6) is 0 Å². The van der Waals surface area contributed by atoms with Crippen LogP contribution in [-0.4, -0.2) is 69.5 Å². The standard InChI is InChI=1S/C25H19N5O.C8H14N2O3.C3H8.C2H6/c31-24(21-4-2-1-3-5-21)30-25-27-15-23(29-25)20-12-8-18(9-13-20)17-6-10-19(11-7-17)22-14-26-16-28-22;1-13-8(12)9-6-7(11)10-4-2-3-5-10;1-3-2;1-2/h1-16H,(H,26,28)(H2,27,29,30,31);2-6H2,1H3,(H,9,12);3H2,1-2H3;1-2H3. The van der Waals surface area contributed by atoms with Crippen molar-refractivity contribution in [2.24, 2.45) is 0 Å². The highest BCUT2D eigenvalue weighted by molar-refractivity contribution is 6.03. The van der Waals surface area contributed by atoms with Crippen molar-refractivity contribution in [3.8, 4) is 33.6 Å². The highest BCUT2D eigenvalue weighted by atomic mass is 16.5. The third-order valence-electron chi connectivity index (χ3n) is 7.10. The van der Waals surface area contributed by atoms with Gasteiger partial charge in [-0.3, -0.25) is 14.9 Å². The van der Waals surface area contributed by atoms with E-state index in [1.54, 1.807) is 29.6 Å². The number of aromatic amines is 2. The van der Waals surface area contributed by atoms with Crippen LogP contribution in [0.1, 0.15) is 57.3 Å². The van der Waals surface area contributed by atoms with Crippen LogP contribution in [0.15, 0.2) is 97.6 Å². The number of methoxy groups -OCH3 is 1. The van der Waals surface area contributed by atoms with Gasteiger partial charge in [0, 0.05) is 18.7 Å². The van der Waals surface area contributed by atoms with Gasteiger partial charge in [0.2, 0.25) is 11.9 Å². The minimum atomic E-state index is -0.562. The summed E-state index contributed by atoms with van der Waals surface area (Å²) in [5.74, 6) is 0.181. The summed E-state index contributed by atoms with van der Waals surface area (Å²) in [7, 11) is 1.27. The number of ether oxygens (including phenoxy) is 1. The molecule has 258 valence electrons. The van der Waals surface area contributed by atoms with Crippen molar-refractivity contribution >= 4 is 23.9 Å². The lowest BCUT2D eigenvalue weighted by Crippen LogP contribution is -2.38. The number of alkyl carbamates (subject to hydrolysis) is 1. The van der Waals surface area contributed by atoms with E-state index in [0.717, 1.165) is 59.6 Å². The van der Waals surface area contributed by atoms with E-state index in [0.29, 0.717) is 11.5 Å². The zero-order valence-electron chi connectivity index (χ0n) is 29.0. The quantitative estimate of drug-likeness (QED) is 0.140. The molecule has 49 heavy (non-hydrogen) atoms. The molecule has 0 atom stereocenters. The zero-order chi connectivity index (χ0) is 35.4. The smallest absolute Gasteiger partial charge is 0.407 e. The average Bonchev–Trinajstić information content (AvgIpc) is 3.97. The summed E-state index contributed by atoms with van der Waals surface area (Å²) in [4.78, 5) is 50.6. The van der Waals surface area contributed by atoms with Gasteiger partial charge in [-0.2, -0.15) is 0 Å². The summed E-state index contributed by atoms with van der Waals surface area (Å²) in [6, 6.07) is 25.6. The van der Waals surface area contributed by atoms with E-state index in [1.807, 2.05) is 50.4 Å². The molecule has 1 aliphatic rings. The molecule has 3 heterocycles. The number of hydrogen-bond donors (Lipinski definition) is 4. The molecular weight excluding hydrogens is 618 g/mol. The van der Waals surface area contributed by atoms with Crippen molar-refractivity contribution in [3.05, 3.63) is 103 Å². The van der Waals surface area contributed by atoms with Gasteiger partial charge in [0.1, 0.15) is 6.54 Å². The highest BCUT2D eigenvalue weighted by Gasteiger charge is 2.18. The van der Waals surface area contributed by atoms with Gasteiger partial charge in [0.05, 0.1) is 37.2 Å². The van der Waals surface area contributed by atoms with Gasteiger partial charge < -0.3 is 24.9 Å². The number of rotatable bonds is 7. The molecule has 6 rings (SSSR count). The number of nitrogens with zero attached hydrogens (tertiary/aromatic N) is 3. The molecule has 0 aliphatic carbocycles. The highest BCUT2D eigenvalue weighted by Crippen LogP contribution is 2.26. The molecule has 1 fully saturated rings. The second-order valence-electron chi connectivity index (χ2n) is 10.7. The lowest BCUT2D eigenvalue weighted by atomic mass is 10.0. The Morgan fingerprint density at radius 1 is 0.796 bits per heavy atom. The molecule has 3 aromatic carbocycles. The SMILES string of the molecule is CC.CCC.COC(=O)NCC(=O)N1CCCC1.O=C(Nc1ncc(-c2ccc(-c3ccc(-c4cnc[nH]4)cc3)cc2)[nH]1)c1ccccc1. The lowest BCUT2D eigenvalue weighted by molar-refractivity contribution is -0.129. The first-order chi connectivity index (χ1) is 23.9. The Bertz CT molecular complexity index is 1680. The Hall–Kier alpha value is -5.71. The first-order valence-electron chi connectivity index (χ1n) is 16.6. The first-order valence-corrected chi connectivity index (χ1v) is 16.6. The molecule has 11 heteroatoms. The molecule has 0 bridgehead atoms. The molecule has 1 saturated heterocycles. The van der Waals surface area contributed by atoms with E-state index in [9.17, 15) is 14.4 Å². The minimum absolute atomic E-state index is 0.0344. The average molecular weight is 666 g/mol. The Kier molecular flexibility index (Phi) is 15.8. The summed E-state index contributed by atoms with van der Waals surface area (Å²) in [6.45, 7) is 9.90. The summed E-state index contributed by atoms with van der Waals surface area (Å²) in [6.07, 6.45) is 8.01. The van der Waals surface area contributed by atoms with Gasteiger partial charge in [-0.25, -0.2) is 14.8 Å². The maximum Gasteiger partial charge on any atom is 0.407 e. The number of H-pyrrole nitrogens is 2. The largest absolute Gasteiger partial charge is 0.453 e. The summed E-state index contributed by atoms with van der Waals surface area (Å²) in [5.41, 5.74) is 6.77. The third kappa shape index (κ3) is 11.8. The predicted molar refractivity (Wildman–Crippen MR) is 195 cm³/mol. The van der Waals surface area contributed by atoms with Crippen LogP contribution in [0.2, 0.25) is 0 Å². The number of nitrogens with one attached hydrogen (secondary N) is 4. The van der Waals surface area contributed by atoms with Crippen molar-refractivity contribution in [2.75, 3.05) is 32.1 Å². The molecule has 0 unspecified atom stereocenters. The van der Waals surface area contributed by atoms with Gasteiger partial charge in [-0.15, -0.1) is 0 Å². The van der Waals surface area contributed by atoms with E-state index in [2.05, 4.69) is 85.6 Å². The van der Waals surface area contributed by atoms with Gasteiger partial charge in [-0.05, 0) is 47.2 Å². The second kappa shape index (κ2) is 20.5. The number of likely N-dealkylation sites (tertiary alicyclic amines) is 1. The Morgan fingerprint density at radius 3 is 1.88 bits per heavy atom. The van der Waals surface area contributed by atoms with Crippen molar-refractivity contribution in [1.82, 2.24) is 30.2 Å². The molecule has 5 aromatic rings. The molecule has 11 nitrogen and oxygen atoms in total. The van der Waals surface area contributed by atoms with Crippen LogP contribution < -0.4 is 10.6 Å². The number of hydrogen-bond acceptors (Lipinski definition) is 6. The van der Waals surface area contributed by atoms with E-state index in [1.165, 1.54) is 13.5 Å². The topological polar surface area (TPSA) is 145 Å². The molecule has 0 spiro atoms. The van der Waals surface area contributed by atoms with Crippen LogP contribution >= 0.6 is 0 Å². The van der Waals surface area contributed by atoms with Crippen molar-refractivity contribution < 1.29 is 19.1 Å². The fourth-order valence-corrected chi connectivity index (χ4v) is 4.70. The van der Waals surface area contributed by atoms with Gasteiger partial charge in [-0.1, -0.05) is 101 Å². The van der Waals surface area contributed by atoms with Crippen molar-refractivity contribution in [3.63, 3.8) is 0 Å². The second-order valence-corrected chi connectivity index (χ2v) is 10.7. The predicted octanol–water partition coefficient (Wildman–Crippen LogP) is 7.79. The number of carbonyl (C=O) groups is 3. The third-order valence-corrected chi connectivity index (χ3v) is 7.10. The van der Waals surface area contributed by atoms with Gasteiger partial charge in [0.25, 0.3) is 5.91 Å². The first kappa shape index (κ1) is 37.7. The zero-order valence-corrected chi connectivity index (χ0v) is 29.0. The number of imidazole rings is 2. The van der Waals surface area contributed by atoms with Gasteiger partial charge in [0.15, 0.2) is 0 Å². The van der Waals surface area contributed by atoms with E-state index in [4.69, 9.17) is 0 Å². The van der Waals surface area contributed by atoms with Crippen molar-refractivity contribution in [1.29, 1.82) is 0 Å². The molecule has 3 amide bonds. The van der Waals surface area contributed by atoms with Crippen LogP contribution in [0.25, 0.3) is 33.6 Å². The molecule has 4 N–H and O–H groups in total. The number of benzene rings is 3. The summed E-state index contributed by atoms with van der Waals surface area (Å²) < 4.78 is 4.34. The summed E-state index contributed by atoms with van der Waals surface area (Å²) in [5, 5.41) is 5.15. The van der Waals surface area contributed by atoms with E-state index in [-0.39, 0.29) is 18.4 Å². The summed E-state index contributed by atoms with van der Waals surface area (Å²) >= 11 is 0. The Labute approximate surface area is 288 Å². The number of amides is 3. The molecule has 2 aromatic heterocycles. The normalized spacial score (nSPS) is 11.4. The Balaban J connectivity index is 0.000000302. The van der Waals surface area contributed by atoms with Crippen LogP contribution in [0, 0.1) is 0 Å². The lowest BCUT2D eigenvalue weighted by Gasteiger charge is -2.14. The minimum Gasteiger partial charge on any atom is -0.453 e. The molecular formula is C38H47N7O4. The number of aromatic nitrogens is 4. The molecule has 0 radical (unpaired) electrons. The number of carbonyl (C=O) groups excluding carboxylic acids is 3. The maximum absolute atomic E-state index is 12.3. The van der Waals surface area contributed by atoms with Crippen molar-refractivity contribution in [2.45, 2.75) is 47.0 Å². The van der Waals surface area contributed by atoms with Crippen LogP contribution in [-0.2, 0) is 9.53 Å². The van der Waals surface area contributed by atoms with Crippen LogP contribution in [0.3, 0.4) is 0 Å². The molecule has 0 saturated carbocycles. The van der Waals surface area contributed by atoms with Crippen LogP contribution in [0.4, 0.5) is 10.7 Å². The van der Waals surface area contributed by atoms with E-state index >= 15 is 0 Å². The van der Waals surface area contributed by atoms with Gasteiger partial charge >= 0.3 is 6.09 Å². The Morgan fingerprint density at radius 2 is 1.35 bits per heavy atom.